The Labute approximate surface area is 216 Å². The molecule has 2 atom stereocenters. The first-order valence-electron chi connectivity index (χ1n) is 12.0. The third-order valence-corrected chi connectivity index (χ3v) is 6.72. The normalized spacial score (nSPS) is 17.2. The van der Waals surface area contributed by atoms with E-state index in [4.69, 9.17) is 12.2 Å². The predicted molar refractivity (Wildman–Crippen MR) is 146 cm³/mol. The number of aryl methyl sites for hydroxylation is 2. The minimum Gasteiger partial charge on any atom is -0.351 e. The minimum atomic E-state index is -0.180. The Hall–Kier alpha value is -4.04. The van der Waals surface area contributed by atoms with Crippen molar-refractivity contribution in [2.24, 2.45) is 0 Å². The van der Waals surface area contributed by atoms with Crippen molar-refractivity contribution >= 4 is 34.6 Å². The second kappa shape index (κ2) is 9.91. The van der Waals surface area contributed by atoms with E-state index in [1.54, 1.807) is 6.20 Å². The van der Waals surface area contributed by atoms with E-state index < -0.39 is 0 Å². The van der Waals surface area contributed by atoms with Gasteiger partial charge in [-0.1, -0.05) is 19.1 Å². The fourth-order valence-electron chi connectivity index (χ4n) is 4.56. The first-order chi connectivity index (χ1) is 17.5. The molecule has 7 nitrogen and oxygen atoms in total. The molecule has 4 aromatic rings. The summed E-state index contributed by atoms with van der Waals surface area (Å²) in [5, 5.41) is 7.10. The SMILES string of the molecule is CCC(=O)Nc1ccc(N2C(=S)N[C@@H](c3ccccn3)[C@@H]2c2cccn2-c2ccc(C)cn2)cc1C. The highest BCUT2D eigenvalue weighted by Crippen LogP contribution is 2.42. The van der Waals surface area contributed by atoms with Crippen LogP contribution in [-0.2, 0) is 4.79 Å². The smallest absolute Gasteiger partial charge is 0.224 e. The second-order valence-corrected chi connectivity index (χ2v) is 9.28. The van der Waals surface area contributed by atoms with Crippen molar-refractivity contribution in [1.82, 2.24) is 19.9 Å². The number of hydrogen-bond acceptors (Lipinski definition) is 4. The number of pyridine rings is 2. The number of nitrogens with one attached hydrogen (secondary N) is 2. The van der Waals surface area contributed by atoms with Crippen LogP contribution in [0.3, 0.4) is 0 Å². The second-order valence-electron chi connectivity index (χ2n) is 8.89. The number of carbonyl (C=O) groups excluding carboxylic acids is 1. The van der Waals surface area contributed by atoms with Crippen LogP contribution in [0.5, 0.6) is 0 Å². The maximum Gasteiger partial charge on any atom is 0.224 e. The molecular formula is C28H28N6OS. The highest BCUT2D eigenvalue weighted by molar-refractivity contribution is 7.80. The third-order valence-electron chi connectivity index (χ3n) is 6.41. The fraction of sp³-hybridized carbons (Fsp3) is 0.214. The molecule has 1 aliphatic rings. The van der Waals surface area contributed by atoms with Gasteiger partial charge < -0.3 is 20.1 Å². The van der Waals surface area contributed by atoms with E-state index in [2.05, 4.69) is 48.3 Å². The molecule has 1 saturated heterocycles. The molecule has 1 aliphatic heterocycles. The van der Waals surface area contributed by atoms with E-state index >= 15 is 0 Å². The molecule has 36 heavy (non-hydrogen) atoms. The van der Waals surface area contributed by atoms with Gasteiger partial charge in [0, 0.05) is 42.1 Å². The molecule has 4 heterocycles. The van der Waals surface area contributed by atoms with Crippen LogP contribution in [0.15, 0.2) is 79.3 Å². The van der Waals surface area contributed by atoms with Crippen molar-refractivity contribution in [3.8, 4) is 5.82 Å². The van der Waals surface area contributed by atoms with Crippen molar-refractivity contribution in [3.63, 3.8) is 0 Å². The summed E-state index contributed by atoms with van der Waals surface area (Å²) in [7, 11) is 0. The predicted octanol–water partition coefficient (Wildman–Crippen LogP) is 5.41. The summed E-state index contributed by atoms with van der Waals surface area (Å²) in [4.78, 5) is 23.4. The number of carbonyl (C=O) groups is 1. The molecule has 8 heteroatoms. The Balaban J connectivity index is 1.61. The van der Waals surface area contributed by atoms with Crippen LogP contribution in [0.4, 0.5) is 11.4 Å². The van der Waals surface area contributed by atoms with Crippen LogP contribution >= 0.6 is 12.2 Å². The van der Waals surface area contributed by atoms with Crippen LogP contribution in [0, 0.1) is 13.8 Å². The Morgan fingerprint density at radius 3 is 2.64 bits per heavy atom. The largest absolute Gasteiger partial charge is 0.351 e. The lowest BCUT2D eigenvalue weighted by atomic mass is 10.0. The summed E-state index contributed by atoms with van der Waals surface area (Å²) in [6.45, 7) is 5.86. The molecule has 0 aliphatic carbocycles. The van der Waals surface area contributed by atoms with E-state index in [0.717, 1.165) is 39.7 Å². The Bertz CT molecular complexity index is 1400. The van der Waals surface area contributed by atoms with Crippen LogP contribution < -0.4 is 15.5 Å². The molecule has 1 fully saturated rings. The summed E-state index contributed by atoms with van der Waals surface area (Å²) >= 11 is 5.88. The first kappa shape index (κ1) is 23.7. The van der Waals surface area contributed by atoms with Crippen molar-refractivity contribution in [2.45, 2.75) is 39.3 Å². The molecule has 2 N–H and O–H groups in total. The lowest BCUT2D eigenvalue weighted by Crippen LogP contribution is -2.30. The molecule has 0 bridgehead atoms. The van der Waals surface area contributed by atoms with Crippen molar-refractivity contribution in [2.75, 3.05) is 10.2 Å². The van der Waals surface area contributed by atoms with Gasteiger partial charge in [-0.3, -0.25) is 9.78 Å². The summed E-state index contributed by atoms with van der Waals surface area (Å²) in [6.07, 6.45) is 6.13. The number of thiocarbonyl (C=S) groups is 1. The Morgan fingerprint density at radius 2 is 1.94 bits per heavy atom. The summed E-state index contributed by atoms with van der Waals surface area (Å²) < 4.78 is 2.10. The van der Waals surface area contributed by atoms with Gasteiger partial charge in [-0.05, 0) is 85.7 Å². The number of aromatic nitrogens is 3. The number of benzene rings is 1. The molecule has 182 valence electrons. The van der Waals surface area contributed by atoms with E-state index in [1.165, 1.54) is 0 Å². The zero-order chi connectivity index (χ0) is 25.2. The first-order valence-corrected chi connectivity index (χ1v) is 12.4. The van der Waals surface area contributed by atoms with Gasteiger partial charge in [0.05, 0.1) is 11.7 Å². The van der Waals surface area contributed by atoms with Gasteiger partial charge in [-0.2, -0.15) is 0 Å². The summed E-state index contributed by atoms with van der Waals surface area (Å²) in [5.41, 5.74) is 5.75. The minimum absolute atomic E-state index is 0.0132. The zero-order valence-electron chi connectivity index (χ0n) is 20.5. The average Bonchev–Trinajstić information content (AvgIpc) is 3.50. The molecule has 5 rings (SSSR count). The van der Waals surface area contributed by atoms with Gasteiger partial charge in [-0.15, -0.1) is 0 Å². The molecule has 1 aromatic carbocycles. The van der Waals surface area contributed by atoms with Crippen molar-refractivity contribution in [3.05, 3.63) is 102 Å². The monoisotopic (exact) mass is 496 g/mol. The van der Waals surface area contributed by atoms with E-state index in [1.807, 2.05) is 75.6 Å². The maximum atomic E-state index is 12.0. The molecule has 0 unspecified atom stereocenters. The summed E-state index contributed by atoms with van der Waals surface area (Å²) in [5.74, 6) is 0.827. The van der Waals surface area contributed by atoms with Crippen molar-refractivity contribution in [1.29, 1.82) is 0 Å². The van der Waals surface area contributed by atoms with Crippen LogP contribution in [0.1, 0.15) is 47.9 Å². The highest BCUT2D eigenvalue weighted by atomic mass is 32.1. The number of rotatable bonds is 6. The van der Waals surface area contributed by atoms with E-state index in [-0.39, 0.29) is 18.0 Å². The summed E-state index contributed by atoms with van der Waals surface area (Å²) in [6, 6.07) is 19.8. The fourth-order valence-corrected chi connectivity index (χ4v) is 4.90. The Kier molecular flexibility index (Phi) is 6.52. The Morgan fingerprint density at radius 1 is 1.08 bits per heavy atom. The van der Waals surface area contributed by atoms with Crippen LogP contribution in [0.2, 0.25) is 0 Å². The molecule has 3 aromatic heterocycles. The molecule has 0 spiro atoms. The molecule has 0 saturated carbocycles. The van der Waals surface area contributed by atoms with Crippen LogP contribution in [0.25, 0.3) is 5.82 Å². The van der Waals surface area contributed by atoms with Crippen LogP contribution in [-0.4, -0.2) is 25.6 Å². The number of anilines is 2. The van der Waals surface area contributed by atoms with Crippen molar-refractivity contribution < 1.29 is 4.79 Å². The topological polar surface area (TPSA) is 75.1 Å². The van der Waals surface area contributed by atoms with Gasteiger partial charge in [-0.25, -0.2) is 4.98 Å². The molecular weight excluding hydrogens is 468 g/mol. The zero-order valence-corrected chi connectivity index (χ0v) is 21.3. The van der Waals surface area contributed by atoms with E-state index in [9.17, 15) is 4.79 Å². The average molecular weight is 497 g/mol. The lowest BCUT2D eigenvalue weighted by Gasteiger charge is -2.29. The maximum absolute atomic E-state index is 12.0. The van der Waals surface area contributed by atoms with Gasteiger partial charge in [0.1, 0.15) is 11.9 Å². The third kappa shape index (κ3) is 4.47. The number of hydrogen-bond donors (Lipinski definition) is 2. The number of amides is 1. The van der Waals surface area contributed by atoms with Gasteiger partial charge in [0.2, 0.25) is 5.91 Å². The molecule has 0 radical (unpaired) electrons. The van der Waals surface area contributed by atoms with Gasteiger partial charge in [0.25, 0.3) is 0 Å². The van der Waals surface area contributed by atoms with Gasteiger partial charge in [0.15, 0.2) is 5.11 Å². The standard InChI is InChI=1S/C28H28N6OS/c1-4-25(35)31-21-12-11-20(16-19(21)3)34-27(26(32-28(34)36)22-8-5-6-14-29-22)23-9-7-15-33(23)24-13-10-18(2)17-30-24/h5-17,26-27H,4H2,1-3H3,(H,31,35)(H,32,36)/t26-,27-/m0/s1. The highest BCUT2D eigenvalue weighted by Gasteiger charge is 2.42. The quantitative estimate of drug-likeness (QED) is 0.348. The number of nitrogens with zero attached hydrogens (tertiary/aromatic N) is 4. The molecule has 1 amide bonds. The lowest BCUT2D eigenvalue weighted by molar-refractivity contribution is -0.115. The van der Waals surface area contributed by atoms with E-state index in [0.29, 0.717) is 11.5 Å². The van der Waals surface area contributed by atoms with Gasteiger partial charge >= 0.3 is 0 Å².